The number of halogens is 3. The maximum absolute atomic E-state index is 12.1. The number of aryl methyl sites for hydroxylation is 1. The fourth-order valence-electron chi connectivity index (χ4n) is 1.71. The van der Waals surface area contributed by atoms with Crippen LogP contribution in [0.4, 0.5) is 13.2 Å². The molecule has 0 aliphatic rings. The van der Waals surface area contributed by atoms with Crippen LogP contribution in [0.5, 0.6) is 5.88 Å². The Labute approximate surface area is 161 Å². The van der Waals surface area contributed by atoms with Crippen molar-refractivity contribution in [2.45, 2.75) is 46.0 Å². The number of aromatic nitrogens is 3. The van der Waals surface area contributed by atoms with Gasteiger partial charge < -0.3 is 15.8 Å². The van der Waals surface area contributed by atoms with Crippen molar-refractivity contribution >= 4 is 5.91 Å². The number of nitrogens with two attached hydrogens (primary N) is 1. The van der Waals surface area contributed by atoms with Crippen LogP contribution in [0.1, 0.15) is 42.4 Å². The van der Waals surface area contributed by atoms with E-state index in [-0.39, 0.29) is 23.7 Å². The zero-order valence-corrected chi connectivity index (χ0v) is 16.2. The molecular weight excluding hydrogens is 375 g/mol. The molecule has 1 amide bonds. The molecule has 28 heavy (non-hydrogen) atoms. The molecule has 2 heterocycles. The van der Waals surface area contributed by atoms with Gasteiger partial charge in [0.1, 0.15) is 5.69 Å². The van der Waals surface area contributed by atoms with E-state index in [4.69, 9.17) is 5.73 Å². The van der Waals surface area contributed by atoms with Crippen molar-refractivity contribution in [2.24, 2.45) is 5.73 Å². The van der Waals surface area contributed by atoms with Gasteiger partial charge in [0.2, 0.25) is 5.88 Å². The summed E-state index contributed by atoms with van der Waals surface area (Å²) in [6, 6.07) is 1.59. The molecule has 0 fully saturated rings. The van der Waals surface area contributed by atoms with Crippen LogP contribution >= 0.6 is 0 Å². The number of rotatable bonds is 5. The van der Waals surface area contributed by atoms with Crippen LogP contribution in [0.15, 0.2) is 30.9 Å². The highest BCUT2D eigenvalue weighted by Gasteiger charge is 2.28. The van der Waals surface area contributed by atoms with Crippen molar-refractivity contribution in [3.05, 3.63) is 47.7 Å². The van der Waals surface area contributed by atoms with Gasteiger partial charge in [-0.1, -0.05) is 0 Å². The molecule has 154 valence electrons. The third kappa shape index (κ3) is 10.4. The zero-order valence-electron chi connectivity index (χ0n) is 16.2. The van der Waals surface area contributed by atoms with E-state index in [1.165, 1.54) is 24.8 Å². The average molecular weight is 399 g/mol. The van der Waals surface area contributed by atoms with Crippen molar-refractivity contribution in [3.63, 3.8) is 0 Å². The van der Waals surface area contributed by atoms with Crippen LogP contribution in [0.25, 0.3) is 0 Å². The number of amides is 1. The van der Waals surface area contributed by atoms with Crippen molar-refractivity contribution in [3.8, 4) is 5.88 Å². The quantitative estimate of drug-likeness (QED) is 0.801. The Kier molecular flexibility index (Phi) is 8.30. The number of nitrogens with zero attached hydrogens (tertiary/aromatic N) is 3. The topological polar surface area (TPSA) is 103 Å². The summed E-state index contributed by atoms with van der Waals surface area (Å²) in [4.78, 5) is 23.3. The molecule has 0 aliphatic heterocycles. The van der Waals surface area contributed by atoms with Crippen LogP contribution in [-0.4, -0.2) is 39.2 Å². The fraction of sp³-hybridized carbons (Fsp3) is 0.444. The monoisotopic (exact) mass is 399 g/mol. The highest BCUT2D eigenvalue weighted by molar-refractivity contribution is 5.91. The summed E-state index contributed by atoms with van der Waals surface area (Å²) in [6.45, 7) is 6.23. The Morgan fingerprint density at radius 3 is 2.32 bits per heavy atom. The van der Waals surface area contributed by atoms with E-state index in [9.17, 15) is 18.0 Å². The lowest BCUT2D eigenvalue weighted by Crippen LogP contribution is -2.26. The van der Waals surface area contributed by atoms with Gasteiger partial charge in [0.05, 0.1) is 6.20 Å². The summed E-state index contributed by atoms with van der Waals surface area (Å²) >= 11 is 0. The molecule has 10 heteroatoms. The van der Waals surface area contributed by atoms with Gasteiger partial charge in [-0.15, -0.1) is 0 Å². The number of hydrogen-bond donors (Lipinski definition) is 2. The molecule has 0 atom stereocenters. The molecule has 0 radical (unpaired) electrons. The largest absolute Gasteiger partial charge is 0.468 e. The number of pyridine rings is 1. The Bertz CT molecular complexity index is 756. The lowest BCUT2D eigenvalue weighted by atomic mass is 10.1. The number of nitrogens with one attached hydrogen (secondary N) is 1. The first-order valence-corrected chi connectivity index (χ1v) is 8.33. The summed E-state index contributed by atoms with van der Waals surface area (Å²) in [5, 5.41) is 2.62. The van der Waals surface area contributed by atoms with E-state index < -0.39 is 18.7 Å². The summed E-state index contributed by atoms with van der Waals surface area (Å²) in [5.74, 6) is -0.500. The van der Waals surface area contributed by atoms with E-state index >= 15 is 0 Å². The molecule has 0 bridgehead atoms. The van der Waals surface area contributed by atoms with Gasteiger partial charge in [0.15, 0.2) is 6.61 Å². The van der Waals surface area contributed by atoms with Gasteiger partial charge in [-0.3, -0.25) is 9.78 Å². The summed E-state index contributed by atoms with van der Waals surface area (Å²) < 4.78 is 40.9. The van der Waals surface area contributed by atoms with Crippen LogP contribution in [0.3, 0.4) is 0 Å². The van der Waals surface area contributed by atoms with Crippen LogP contribution in [-0.2, 0) is 6.54 Å². The summed E-state index contributed by atoms with van der Waals surface area (Å²) in [5.41, 5.74) is 6.59. The maximum atomic E-state index is 12.1. The molecule has 0 saturated heterocycles. The maximum Gasteiger partial charge on any atom is 0.422 e. The predicted octanol–water partition coefficient (Wildman–Crippen LogP) is 2.79. The third-order valence-corrected chi connectivity index (χ3v) is 2.71. The lowest BCUT2D eigenvalue weighted by Gasteiger charge is -2.11. The van der Waals surface area contributed by atoms with Crippen molar-refractivity contribution < 1.29 is 22.7 Å². The summed E-state index contributed by atoms with van der Waals surface area (Å²) in [7, 11) is 0. The first-order valence-electron chi connectivity index (χ1n) is 8.33. The Hall–Kier alpha value is -2.75. The average Bonchev–Trinajstić information content (AvgIpc) is 2.57. The molecule has 0 aromatic carbocycles. The second kappa shape index (κ2) is 9.98. The second-order valence-corrected chi connectivity index (χ2v) is 7.01. The summed E-state index contributed by atoms with van der Waals surface area (Å²) in [6.07, 6.45) is 1.09. The highest BCUT2D eigenvalue weighted by atomic mass is 19.4. The van der Waals surface area contributed by atoms with Crippen molar-refractivity contribution in [1.29, 1.82) is 0 Å². The first kappa shape index (κ1) is 23.3. The minimum atomic E-state index is -4.42. The smallest absolute Gasteiger partial charge is 0.422 e. The molecule has 7 nitrogen and oxygen atoms in total. The van der Waals surface area contributed by atoms with Crippen molar-refractivity contribution in [1.82, 2.24) is 20.3 Å². The molecular formula is C18H24F3N5O2. The molecule has 0 spiro atoms. The first-order chi connectivity index (χ1) is 12.8. The lowest BCUT2D eigenvalue weighted by molar-refractivity contribution is -0.154. The third-order valence-electron chi connectivity index (χ3n) is 2.71. The number of hydrogen-bond acceptors (Lipinski definition) is 6. The molecule has 0 saturated carbocycles. The minimum Gasteiger partial charge on any atom is -0.468 e. The van der Waals surface area contributed by atoms with Crippen LogP contribution in [0, 0.1) is 6.92 Å². The predicted molar refractivity (Wildman–Crippen MR) is 97.7 cm³/mol. The number of carbonyl (C=O) groups excluding carboxylic acids is 1. The van der Waals surface area contributed by atoms with E-state index in [1.807, 2.05) is 20.8 Å². The number of ether oxygens (including phenoxy) is 1. The SMILES string of the molecule is CC(C)(C)N.Cc1cc(CNC(=O)c2cnccn2)cnc1OCC(F)(F)F. The Morgan fingerprint density at radius 2 is 1.82 bits per heavy atom. The van der Waals surface area contributed by atoms with Crippen LogP contribution in [0.2, 0.25) is 0 Å². The second-order valence-electron chi connectivity index (χ2n) is 7.01. The molecule has 2 aromatic rings. The Morgan fingerprint density at radius 1 is 1.18 bits per heavy atom. The van der Waals surface area contributed by atoms with Crippen molar-refractivity contribution in [2.75, 3.05) is 6.61 Å². The number of alkyl halides is 3. The van der Waals surface area contributed by atoms with Crippen LogP contribution < -0.4 is 15.8 Å². The van der Waals surface area contributed by atoms with E-state index in [0.717, 1.165) is 0 Å². The minimum absolute atomic E-state index is 0. The standard InChI is InChI=1S/C14H13F3N4O2.C4H11N/c1-9-4-10(6-21-13(9)23-8-14(15,16)17)5-20-12(22)11-7-18-2-3-19-11;1-4(2,3)5/h2-4,6-7H,5,8H2,1H3,(H,20,22);5H2,1-3H3. The van der Waals surface area contributed by atoms with Gasteiger partial charge in [-0.2, -0.15) is 13.2 Å². The van der Waals surface area contributed by atoms with Gasteiger partial charge in [-0.05, 0) is 39.3 Å². The van der Waals surface area contributed by atoms with E-state index in [0.29, 0.717) is 11.1 Å². The molecule has 0 aliphatic carbocycles. The highest BCUT2D eigenvalue weighted by Crippen LogP contribution is 2.20. The Balaban J connectivity index is 0.000000696. The molecule has 2 rings (SSSR count). The fourth-order valence-corrected chi connectivity index (χ4v) is 1.71. The van der Waals surface area contributed by atoms with Gasteiger partial charge in [-0.25, -0.2) is 9.97 Å². The molecule has 2 aromatic heterocycles. The molecule has 0 unspecified atom stereocenters. The normalized spacial score (nSPS) is 11.3. The van der Waals surface area contributed by atoms with Gasteiger partial charge in [0.25, 0.3) is 5.91 Å². The number of carbonyl (C=O) groups is 1. The van der Waals surface area contributed by atoms with E-state index in [2.05, 4.69) is 25.0 Å². The van der Waals surface area contributed by atoms with E-state index in [1.54, 1.807) is 13.0 Å². The van der Waals surface area contributed by atoms with Gasteiger partial charge in [0, 0.05) is 36.2 Å². The zero-order chi connectivity index (χ0) is 21.4. The van der Waals surface area contributed by atoms with Gasteiger partial charge >= 0.3 is 6.18 Å². The molecule has 3 N–H and O–H groups in total.